The summed E-state index contributed by atoms with van der Waals surface area (Å²) in [6, 6.07) is 9.09. The number of aliphatic imine (C=N–C) groups is 1. The largest absolute Gasteiger partial charge is 0.480 e. The minimum Gasteiger partial charge on any atom is -0.480 e. The van der Waals surface area contributed by atoms with Crippen LogP contribution in [-0.2, 0) is 4.79 Å². The van der Waals surface area contributed by atoms with Crippen LogP contribution in [0.4, 0.5) is 8.78 Å². The normalized spacial score (nSPS) is 16.2. The van der Waals surface area contributed by atoms with Gasteiger partial charge in [0.2, 0.25) is 0 Å². The van der Waals surface area contributed by atoms with Gasteiger partial charge in [-0.3, -0.25) is 4.99 Å². The van der Waals surface area contributed by atoms with Gasteiger partial charge >= 0.3 is 5.97 Å². The van der Waals surface area contributed by atoms with Crippen molar-refractivity contribution in [2.24, 2.45) is 16.5 Å². The Labute approximate surface area is 115 Å². The average molecular weight is 285 g/mol. The molecule has 1 aromatic carbocycles. The quantitative estimate of drug-likeness (QED) is 0.655. The maximum atomic E-state index is 12.7. The molecule has 1 aromatic rings. The van der Waals surface area contributed by atoms with Gasteiger partial charge in [-0.15, -0.1) is 0 Å². The molecule has 0 bridgehead atoms. The van der Waals surface area contributed by atoms with Crippen molar-refractivity contribution in [3.05, 3.63) is 35.9 Å². The van der Waals surface area contributed by atoms with Crippen molar-refractivity contribution in [2.75, 3.05) is 0 Å². The lowest BCUT2D eigenvalue weighted by Gasteiger charge is -2.24. The van der Waals surface area contributed by atoms with E-state index in [0.717, 1.165) is 5.56 Å². The summed E-state index contributed by atoms with van der Waals surface area (Å²) in [5.41, 5.74) is 9.05. The Bertz CT molecular complexity index is 468. The fourth-order valence-corrected chi connectivity index (χ4v) is 1.49. The summed E-state index contributed by atoms with van der Waals surface area (Å²) in [5, 5.41) is 8.74. The second-order valence-corrected chi connectivity index (χ2v) is 4.44. The zero-order valence-electron chi connectivity index (χ0n) is 10.7. The smallest absolute Gasteiger partial charge is 0.329 e. The topological polar surface area (TPSA) is 102 Å². The standard InChI is InChI=1S/C13H17F2N3O2/c14-11(15)13(17,12(19)20)7-6-10(16)18-8-9-4-2-1-3-5-9/h1-5,8,10-11H,6-7,16-17H2,(H,19,20). The van der Waals surface area contributed by atoms with Crippen LogP contribution in [0.2, 0.25) is 0 Å². The number of alkyl halides is 2. The van der Waals surface area contributed by atoms with Crippen molar-refractivity contribution >= 4 is 12.2 Å². The first-order valence-electron chi connectivity index (χ1n) is 6.00. The number of nitrogens with two attached hydrogens (primary N) is 2. The van der Waals surface area contributed by atoms with Crippen LogP contribution in [0.25, 0.3) is 0 Å². The Kier molecular flexibility index (Phi) is 5.72. The van der Waals surface area contributed by atoms with Crippen LogP contribution in [-0.4, -0.2) is 35.4 Å². The molecule has 2 atom stereocenters. The van der Waals surface area contributed by atoms with Crippen LogP contribution in [0.5, 0.6) is 0 Å². The first-order valence-corrected chi connectivity index (χ1v) is 6.00. The molecule has 0 aromatic heterocycles. The molecular weight excluding hydrogens is 268 g/mol. The van der Waals surface area contributed by atoms with Gasteiger partial charge < -0.3 is 16.6 Å². The summed E-state index contributed by atoms with van der Waals surface area (Å²) in [5.74, 6) is -1.74. The van der Waals surface area contributed by atoms with Crippen molar-refractivity contribution in [1.82, 2.24) is 0 Å². The Morgan fingerprint density at radius 2 is 2.00 bits per heavy atom. The van der Waals surface area contributed by atoms with Crippen LogP contribution in [0.1, 0.15) is 18.4 Å². The molecule has 0 aliphatic rings. The van der Waals surface area contributed by atoms with Gasteiger partial charge in [0.1, 0.15) is 0 Å². The first kappa shape index (κ1) is 16.2. The molecule has 0 aliphatic heterocycles. The SMILES string of the molecule is NC(CCC(N)(C(=O)O)C(F)F)N=Cc1ccccc1. The molecule has 5 nitrogen and oxygen atoms in total. The lowest BCUT2D eigenvalue weighted by atomic mass is 9.94. The fourth-order valence-electron chi connectivity index (χ4n) is 1.49. The average Bonchev–Trinajstić information content (AvgIpc) is 2.43. The zero-order valence-corrected chi connectivity index (χ0v) is 10.7. The van der Waals surface area contributed by atoms with Crippen LogP contribution in [0.3, 0.4) is 0 Å². The lowest BCUT2D eigenvalue weighted by Crippen LogP contribution is -2.54. The Morgan fingerprint density at radius 3 is 2.50 bits per heavy atom. The van der Waals surface area contributed by atoms with Gasteiger partial charge in [0, 0.05) is 6.21 Å². The van der Waals surface area contributed by atoms with Gasteiger partial charge in [0.05, 0.1) is 6.17 Å². The zero-order chi connectivity index (χ0) is 15.2. The second-order valence-electron chi connectivity index (χ2n) is 4.44. The third kappa shape index (κ3) is 4.36. The highest BCUT2D eigenvalue weighted by Crippen LogP contribution is 2.20. The maximum absolute atomic E-state index is 12.7. The lowest BCUT2D eigenvalue weighted by molar-refractivity contribution is -0.150. The van der Waals surface area contributed by atoms with Crippen molar-refractivity contribution in [1.29, 1.82) is 0 Å². The minimum absolute atomic E-state index is 0.0452. The van der Waals surface area contributed by atoms with Crippen LogP contribution in [0.15, 0.2) is 35.3 Å². The number of carboxylic acid groups (broad SMARTS) is 1. The number of carboxylic acids is 1. The van der Waals surface area contributed by atoms with Crippen LogP contribution in [0, 0.1) is 0 Å². The molecule has 0 spiro atoms. The molecule has 0 amide bonds. The highest BCUT2D eigenvalue weighted by Gasteiger charge is 2.43. The van der Waals surface area contributed by atoms with E-state index in [2.05, 4.69) is 4.99 Å². The van der Waals surface area contributed by atoms with Gasteiger partial charge in [-0.05, 0) is 18.4 Å². The predicted octanol–water partition coefficient (Wildman–Crippen LogP) is 1.22. The molecule has 0 saturated heterocycles. The maximum Gasteiger partial charge on any atom is 0.329 e. The summed E-state index contributed by atoms with van der Waals surface area (Å²) in [7, 11) is 0. The van der Waals surface area contributed by atoms with Gasteiger partial charge in [-0.1, -0.05) is 30.3 Å². The molecule has 0 saturated carbocycles. The summed E-state index contributed by atoms with van der Waals surface area (Å²) in [6.07, 6.45) is -2.93. The number of aliphatic carboxylic acids is 1. The van der Waals surface area contributed by atoms with Gasteiger partial charge in [-0.2, -0.15) is 0 Å². The van der Waals surface area contributed by atoms with Gasteiger partial charge in [-0.25, -0.2) is 13.6 Å². The molecule has 0 radical (unpaired) electrons. The van der Waals surface area contributed by atoms with Crippen molar-refractivity contribution < 1.29 is 18.7 Å². The highest BCUT2D eigenvalue weighted by molar-refractivity contribution is 5.80. The number of carbonyl (C=O) groups is 1. The van der Waals surface area contributed by atoms with E-state index in [1.807, 2.05) is 18.2 Å². The number of rotatable bonds is 7. The molecule has 5 N–H and O–H groups in total. The Balaban J connectivity index is 2.57. The first-order chi connectivity index (χ1) is 9.36. The molecule has 0 fully saturated rings. The van der Waals surface area contributed by atoms with Crippen molar-refractivity contribution in [3.63, 3.8) is 0 Å². The molecule has 2 unspecified atom stereocenters. The highest BCUT2D eigenvalue weighted by atomic mass is 19.3. The third-order valence-corrected chi connectivity index (χ3v) is 2.86. The van der Waals surface area contributed by atoms with Gasteiger partial charge in [0.25, 0.3) is 6.43 Å². The Morgan fingerprint density at radius 1 is 1.40 bits per heavy atom. The molecule has 20 heavy (non-hydrogen) atoms. The molecule has 7 heteroatoms. The number of hydrogen-bond donors (Lipinski definition) is 3. The summed E-state index contributed by atoms with van der Waals surface area (Å²) in [4.78, 5) is 14.7. The molecule has 110 valence electrons. The fraction of sp³-hybridized carbons (Fsp3) is 0.385. The van der Waals surface area contributed by atoms with Gasteiger partial charge in [0.15, 0.2) is 5.54 Å². The van der Waals surface area contributed by atoms with E-state index in [1.54, 1.807) is 12.1 Å². The summed E-state index contributed by atoms with van der Waals surface area (Å²) in [6.45, 7) is 0. The number of hydrogen-bond acceptors (Lipinski definition) is 4. The summed E-state index contributed by atoms with van der Waals surface area (Å²) >= 11 is 0. The van der Waals surface area contributed by atoms with Crippen LogP contribution >= 0.6 is 0 Å². The number of benzene rings is 1. The number of halogens is 2. The second kappa shape index (κ2) is 7.06. The Hall–Kier alpha value is -1.86. The van der Waals surface area contributed by atoms with E-state index in [1.165, 1.54) is 6.21 Å². The van der Waals surface area contributed by atoms with Crippen LogP contribution < -0.4 is 11.5 Å². The minimum atomic E-state index is -3.16. The molecule has 1 rings (SSSR count). The molecular formula is C13H17F2N3O2. The predicted molar refractivity (Wildman–Crippen MR) is 71.8 cm³/mol. The van der Waals surface area contributed by atoms with E-state index in [4.69, 9.17) is 16.6 Å². The molecule has 0 aliphatic carbocycles. The molecule has 0 heterocycles. The third-order valence-electron chi connectivity index (χ3n) is 2.86. The van der Waals surface area contributed by atoms with Crippen molar-refractivity contribution in [2.45, 2.75) is 31.0 Å². The summed E-state index contributed by atoms with van der Waals surface area (Å²) < 4.78 is 25.3. The van der Waals surface area contributed by atoms with E-state index in [-0.39, 0.29) is 6.42 Å². The van der Waals surface area contributed by atoms with Crippen molar-refractivity contribution in [3.8, 4) is 0 Å². The number of nitrogens with zero attached hydrogens (tertiary/aromatic N) is 1. The van der Waals surface area contributed by atoms with E-state index < -0.39 is 30.5 Å². The van der Waals surface area contributed by atoms with E-state index in [0.29, 0.717) is 0 Å². The van der Waals surface area contributed by atoms with E-state index >= 15 is 0 Å². The van der Waals surface area contributed by atoms with E-state index in [9.17, 15) is 13.6 Å². The monoisotopic (exact) mass is 285 g/mol.